The summed E-state index contributed by atoms with van der Waals surface area (Å²) in [6, 6.07) is 12.0. The van der Waals surface area contributed by atoms with Crippen LogP contribution in [0.4, 0.5) is 0 Å². The second-order valence-corrected chi connectivity index (χ2v) is 5.44. The van der Waals surface area contributed by atoms with Gasteiger partial charge in [-0.2, -0.15) is 0 Å². The zero-order valence-corrected chi connectivity index (χ0v) is 11.2. The summed E-state index contributed by atoms with van der Waals surface area (Å²) < 4.78 is 0. The van der Waals surface area contributed by atoms with Crippen molar-refractivity contribution in [3.05, 3.63) is 35.9 Å². The SMILES string of the molecule is CCC1CCCC(NC(C)c2ccccc2)C1. The monoisotopic (exact) mass is 231 g/mol. The molecule has 0 saturated heterocycles. The molecule has 94 valence electrons. The maximum Gasteiger partial charge on any atom is 0.0294 e. The molecule has 1 N–H and O–H groups in total. The third-order valence-electron chi connectivity index (χ3n) is 4.15. The molecule has 1 heteroatoms. The van der Waals surface area contributed by atoms with E-state index in [9.17, 15) is 0 Å². The van der Waals surface area contributed by atoms with Crippen LogP contribution in [-0.2, 0) is 0 Å². The van der Waals surface area contributed by atoms with E-state index in [2.05, 4.69) is 49.5 Å². The Balaban J connectivity index is 1.88. The fourth-order valence-electron chi connectivity index (χ4n) is 3.00. The van der Waals surface area contributed by atoms with E-state index in [1.165, 1.54) is 37.7 Å². The number of benzene rings is 1. The van der Waals surface area contributed by atoms with Crippen LogP contribution >= 0.6 is 0 Å². The van der Waals surface area contributed by atoms with Crippen LogP contribution in [0.3, 0.4) is 0 Å². The molecule has 1 nitrogen and oxygen atoms in total. The summed E-state index contributed by atoms with van der Waals surface area (Å²) in [4.78, 5) is 0. The van der Waals surface area contributed by atoms with E-state index < -0.39 is 0 Å². The standard InChI is InChI=1S/C16H25N/c1-3-14-8-7-11-16(12-14)17-13(2)15-9-5-4-6-10-15/h4-6,9-10,13-14,16-17H,3,7-8,11-12H2,1-2H3. The van der Waals surface area contributed by atoms with Gasteiger partial charge in [-0.05, 0) is 31.2 Å². The fraction of sp³-hybridized carbons (Fsp3) is 0.625. The quantitative estimate of drug-likeness (QED) is 0.814. The Morgan fingerprint density at radius 2 is 2.00 bits per heavy atom. The minimum absolute atomic E-state index is 0.483. The molecule has 0 heterocycles. The topological polar surface area (TPSA) is 12.0 Å². The van der Waals surface area contributed by atoms with E-state index in [0.29, 0.717) is 6.04 Å². The largest absolute Gasteiger partial charge is 0.307 e. The molecule has 1 aromatic carbocycles. The van der Waals surface area contributed by atoms with Gasteiger partial charge in [-0.25, -0.2) is 0 Å². The van der Waals surface area contributed by atoms with Crippen molar-refractivity contribution in [2.75, 3.05) is 0 Å². The van der Waals surface area contributed by atoms with Crippen LogP contribution in [0.2, 0.25) is 0 Å². The molecule has 1 saturated carbocycles. The highest BCUT2D eigenvalue weighted by atomic mass is 14.9. The lowest BCUT2D eigenvalue weighted by atomic mass is 9.84. The van der Waals surface area contributed by atoms with Crippen LogP contribution in [0.15, 0.2) is 30.3 Å². The highest BCUT2D eigenvalue weighted by Crippen LogP contribution is 2.28. The summed E-state index contributed by atoms with van der Waals surface area (Å²) >= 11 is 0. The van der Waals surface area contributed by atoms with E-state index >= 15 is 0 Å². The molecule has 17 heavy (non-hydrogen) atoms. The molecule has 3 atom stereocenters. The van der Waals surface area contributed by atoms with Crippen LogP contribution < -0.4 is 5.32 Å². The van der Waals surface area contributed by atoms with E-state index in [4.69, 9.17) is 0 Å². The predicted octanol–water partition coefficient (Wildman–Crippen LogP) is 4.31. The Bertz CT molecular complexity index is 320. The molecule has 1 fully saturated rings. The van der Waals surface area contributed by atoms with Gasteiger partial charge in [0.15, 0.2) is 0 Å². The van der Waals surface area contributed by atoms with Crippen molar-refractivity contribution in [1.82, 2.24) is 5.32 Å². The normalized spacial score (nSPS) is 26.7. The van der Waals surface area contributed by atoms with E-state index in [1.54, 1.807) is 0 Å². The second kappa shape index (κ2) is 6.20. The lowest BCUT2D eigenvalue weighted by molar-refractivity contribution is 0.266. The van der Waals surface area contributed by atoms with Crippen molar-refractivity contribution in [3.8, 4) is 0 Å². The minimum atomic E-state index is 0.483. The van der Waals surface area contributed by atoms with Crippen molar-refractivity contribution in [1.29, 1.82) is 0 Å². The number of nitrogens with one attached hydrogen (secondary N) is 1. The molecule has 0 spiro atoms. The zero-order valence-electron chi connectivity index (χ0n) is 11.2. The molecule has 1 aliphatic rings. The van der Waals surface area contributed by atoms with Gasteiger partial charge in [0.1, 0.15) is 0 Å². The summed E-state index contributed by atoms with van der Waals surface area (Å²) in [5.41, 5.74) is 1.41. The average molecular weight is 231 g/mol. The number of rotatable bonds is 4. The molecular formula is C16H25N. The molecule has 0 aliphatic heterocycles. The van der Waals surface area contributed by atoms with E-state index in [0.717, 1.165) is 12.0 Å². The minimum Gasteiger partial charge on any atom is -0.307 e. The first-order valence-electron chi connectivity index (χ1n) is 7.10. The van der Waals surface area contributed by atoms with Gasteiger partial charge in [0.25, 0.3) is 0 Å². The van der Waals surface area contributed by atoms with Gasteiger partial charge in [0, 0.05) is 12.1 Å². The van der Waals surface area contributed by atoms with Crippen molar-refractivity contribution in [2.45, 2.75) is 58.0 Å². The van der Waals surface area contributed by atoms with E-state index in [-0.39, 0.29) is 0 Å². The third kappa shape index (κ3) is 3.57. The highest BCUT2D eigenvalue weighted by Gasteiger charge is 2.21. The Kier molecular flexibility index (Phi) is 4.61. The first-order chi connectivity index (χ1) is 8.29. The second-order valence-electron chi connectivity index (χ2n) is 5.44. The van der Waals surface area contributed by atoms with Gasteiger partial charge < -0.3 is 5.32 Å². The molecule has 0 aromatic heterocycles. The van der Waals surface area contributed by atoms with Crippen molar-refractivity contribution in [2.24, 2.45) is 5.92 Å². The molecule has 0 bridgehead atoms. The van der Waals surface area contributed by atoms with Crippen LogP contribution in [0.5, 0.6) is 0 Å². The molecule has 0 amide bonds. The van der Waals surface area contributed by atoms with Crippen LogP contribution in [0.25, 0.3) is 0 Å². The van der Waals surface area contributed by atoms with Crippen molar-refractivity contribution < 1.29 is 0 Å². The van der Waals surface area contributed by atoms with Crippen molar-refractivity contribution >= 4 is 0 Å². The first kappa shape index (κ1) is 12.6. The smallest absolute Gasteiger partial charge is 0.0294 e. The van der Waals surface area contributed by atoms with Gasteiger partial charge in [0.05, 0.1) is 0 Å². The fourth-order valence-corrected chi connectivity index (χ4v) is 3.00. The maximum absolute atomic E-state index is 3.80. The summed E-state index contributed by atoms with van der Waals surface area (Å²) in [6.07, 6.45) is 6.91. The van der Waals surface area contributed by atoms with Crippen LogP contribution in [0, 0.1) is 5.92 Å². The Labute approximate surface area is 106 Å². The lowest BCUT2D eigenvalue weighted by Gasteiger charge is -2.31. The summed E-state index contributed by atoms with van der Waals surface area (Å²) in [5.74, 6) is 0.948. The van der Waals surface area contributed by atoms with Gasteiger partial charge >= 0.3 is 0 Å². The lowest BCUT2D eigenvalue weighted by Crippen LogP contribution is -2.35. The zero-order chi connectivity index (χ0) is 12.1. The summed E-state index contributed by atoms with van der Waals surface area (Å²) in [6.45, 7) is 4.61. The first-order valence-corrected chi connectivity index (χ1v) is 7.10. The summed E-state index contributed by atoms with van der Waals surface area (Å²) in [7, 11) is 0. The van der Waals surface area contributed by atoms with Crippen LogP contribution in [-0.4, -0.2) is 6.04 Å². The van der Waals surface area contributed by atoms with Crippen LogP contribution in [0.1, 0.15) is 57.6 Å². The van der Waals surface area contributed by atoms with Crippen molar-refractivity contribution in [3.63, 3.8) is 0 Å². The van der Waals surface area contributed by atoms with Gasteiger partial charge in [-0.1, -0.05) is 56.5 Å². The third-order valence-corrected chi connectivity index (χ3v) is 4.15. The van der Waals surface area contributed by atoms with E-state index in [1.807, 2.05) is 0 Å². The highest BCUT2D eigenvalue weighted by molar-refractivity contribution is 5.18. The summed E-state index contributed by atoms with van der Waals surface area (Å²) in [5, 5.41) is 3.80. The molecule has 1 aromatic rings. The number of hydrogen-bond donors (Lipinski definition) is 1. The van der Waals surface area contributed by atoms with Gasteiger partial charge in [0.2, 0.25) is 0 Å². The molecular weight excluding hydrogens is 206 g/mol. The predicted molar refractivity (Wildman–Crippen MR) is 74.0 cm³/mol. The molecule has 3 unspecified atom stereocenters. The Hall–Kier alpha value is -0.820. The average Bonchev–Trinajstić information content (AvgIpc) is 2.40. The maximum atomic E-state index is 3.80. The molecule has 0 radical (unpaired) electrons. The Morgan fingerprint density at radius 3 is 2.71 bits per heavy atom. The van der Waals surface area contributed by atoms with Gasteiger partial charge in [-0.3, -0.25) is 0 Å². The van der Waals surface area contributed by atoms with Gasteiger partial charge in [-0.15, -0.1) is 0 Å². The molecule has 2 rings (SSSR count). The number of hydrogen-bond acceptors (Lipinski definition) is 1. The molecule has 1 aliphatic carbocycles. The Morgan fingerprint density at radius 1 is 1.24 bits per heavy atom.